The van der Waals surface area contributed by atoms with E-state index >= 15 is 0 Å². The molecule has 2 aromatic heterocycles. The summed E-state index contributed by atoms with van der Waals surface area (Å²) >= 11 is 3.15. The molecule has 0 radical (unpaired) electrons. The Hall–Kier alpha value is -1.27. The molecule has 1 atom stereocenters. The van der Waals surface area contributed by atoms with Crippen LogP contribution in [0.4, 0.5) is 5.82 Å². The summed E-state index contributed by atoms with van der Waals surface area (Å²) in [5.74, 6) is 0.509. The van der Waals surface area contributed by atoms with Gasteiger partial charge in [0.2, 0.25) is 0 Å². The number of pyridine rings is 1. The van der Waals surface area contributed by atoms with Crippen molar-refractivity contribution in [2.75, 3.05) is 12.0 Å². The molecule has 0 amide bonds. The van der Waals surface area contributed by atoms with Crippen LogP contribution in [0.25, 0.3) is 0 Å². The molecule has 6 heteroatoms. The molecule has 0 aliphatic rings. The number of nitrogens with two attached hydrogens (primary N) is 1. The van der Waals surface area contributed by atoms with E-state index in [2.05, 4.69) is 34.9 Å². The van der Waals surface area contributed by atoms with Gasteiger partial charge in [-0.2, -0.15) is 0 Å². The standard InChI is InChI=1S/C14H18N4S2/c1-4-10-5-6-16-11(7-10)9(2)20-14-17-12(15)8-13(18-14)19-3/h5-9H,4H2,1-3H3,(H2,15,17,18). The minimum atomic E-state index is 0.193. The molecular weight excluding hydrogens is 288 g/mol. The Morgan fingerprint density at radius 3 is 2.80 bits per heavy atom. The highest BCUT2D eigenvalue weighted by atomic mass is 32.2. The molecular formula is C14H18N4S2. The fourth-order valence-electron chi connectivity index (χ4n) is 1.73. The summed E-state index contributed by atoms with van der Waals surface area (Å²) in [7, 11) is 0. The number of rotatable bonds is 5. The summed E-state index contributed by atoms with van der Waals surface area (Å²) in [5, 5.41) is 1.78. The molecule has 0 spiro atoms. The molecule has 2 N–H and O–H groups in total. The zero-order chi connectivity index (χ0) is 14.5. The van der Waals surface area contributed by atoms with Gasteiger partial charge in [-0.3, -0.25) is 4.98 Å². The molecule has 4 nitrogen and oxygen atoms in total. The smallest absolute Gasteiger partial charge is 0.191 e. The van der Waals surface area contributed by atoms with Crippen molar-refractivity contribution in [1.82, 2.24) is 15.0 Å². The lowest BCUT2D eigenvalue weighted by molar-refractivity contribution is 0.887. The minimum Gasteiger partial charge on any atom is -0.384 e. The molecule has 1 unspecified atom stereocenters. The van der Waals surface area contributed by atoms with Crippen molar-refractivity contribution in [3.05, 3.63) is 35.7 Å². The summed E-state index contributed by atoms with van der Waals surface area (Å²) in [5.41, 5.74) is 8.14. The predicted molar refractivity (Wildman–Crippen MR) is 86.1 cm³/mol. The lowest BCUT2D eigenvalue weighted by Crippen LogP contribution is -1.99. The van der Waals surface area contributed by atoms with Crippen LogP contribution in [0.1, 0.15) is 30.4 Å². The maximum atomic E-state index is 5.80. The van der Waals surface area contributed by atoms with E-state index in [0.29, 0.717) is 11.0 Å². The summed E-state index contributed by atoms with van der Waals surface area (Å²) in [4.78, 5) is 13.2. The highest BCUT2D eigenvalue weighted by Crippen LogP contribution is 2.33. The molecule has 0 aromatic carbocycles. The highest BCUT2D eigenvalue weighted by molar-refractivity contribution is 7.99. The number of nitrogen functional groups attached to an aromatic ring is 1. The average molecular weight is 306 g/mol. The second kappa shape index (κ2) is 6.95. The summed E-state index contributed by atoms with van der Waals surface area (Å²) < 4.78 is 0. The average Bonchev–Trinajstić information content (AvgIpc) is 2.46. The van der Waals surface area contributed by atoms with Crippen LogP contribution in [0.5, 0.6) is 0 Å². The first-order chi connectivity index (χ1) is 9.62. The van der Waals surface area contributed by atoms with Crippen LogP contribution in [-0.2, 0) is 6.42 Å². The van der Waals surface area contributed by atoms with Crippen LogP contribution in [0.2, 0.25) is 0 Å². The highest BCUT2D eigenvalue weighted by Gasteiger charge is 2.12. The van der Waals surface area contributed by atoms with Crippen LogP contribution in [-0.4, -0.2) is 21.2 Å². The number of anilines is 1. The molecule has 106 valence electrons. The maximum absolute atomic E-state index is 5.80. The molecule has 0 saturated heterocycles. The Balaban J connectivity index is 2.18. The Morgan fingerprint density at radius 1 is 1.30 bits per heavy atom. The molecule has 20 heavy (non-hydrogen) atoms. The van der Waals surface area contributed by atoms with Crippen molar-refractivity contribution in [2.45, 2.75) is 35.7 Å². The van der Waals surface area contributed by atoms with E-state index in [1.54, 1.807) is 29.6 Å². The lowest BCUT2D eigenvalue weighted by atomic mass is 10.1. The second-order valence-electron chi connectivity index (χ2n) is 4.32. The first-order valence-corrected chi connectivity index (χ1v) is 8.52. The molecule has 2 rings (SSSR count). The zero-order valence-electron chi connectivity index (χ0n) is 11.8. The van der Waals surface area contributed by atoms with Gasteiger partial charge >= 0.3 is 0 Å². The third-order valence-corrected chi connectivity index (χ3v) is 4.48. The van der Waals surface area contributed by atoms with Crippen LogP contribution in [0.3, 0.4) is 0 Å². The normalized spacial score (nSPS) is 12.3. The number of aromatic nitrogens is 3. The van der Waals surface area contributed by atoms with Crippen LogP contribution < -0.4 is 5.73 Å². The van der Waals surface area contributed by atoms with E-state index in [0.717, 1.165) is 17.1 Å². The van der Waals surface area contributed by atoms with Gasteiger partial charge in [-0.25, -0.2) is 9.97 Å². The fourth-order valence-corrected chi connectivity index (χ4v) is 3.08. The molecule has 2 heterocycles. The number of aryl methyl sites for hydroxylation is 1. The van der Waals surface area contributed by atoms with E-state index in [1.165, 1.54) is 5.56 Å². The van der Waals surface area contributed by atoms with Crippen LogP contribution in [0, 0.1) is 0 Å². The Labute approximate surface area is 128 Å². The van der Waals surface area contributed by atoms with Crippen LogP contribution in [0.15, 0.2) is 34.6 Å². The van der Waals surface area contributed by atoms with Gasteiger partial charge in [0.05, 0.1) is 10.9 Å². The number of hydrogen-bond donors (Lipinski definition) is 1. The van der Waals surface area contributed by atoms with Crippen LogP contribution >= 0.6 is 23.5 Å². The summed E-state index contributed by atoms with van der Waals surface area (Å²) in [6.07, 6.45) is 4.85. The van der Waals surface area contributed by atoms with Gasteiger partial charge < -0.3 is 5.73 Å². The minimum absolute atomic E-state index is 0.193. The maximum Gasteiger partial charge on any atom is 0.191 e. The lowest BCUT2D eigenvalue weighted by Gasteiger charge is -2.11. The van der Waals surface area contributed by atoms with Gasteiger partial charge in [-0.15, -0.1) is 11.8 Å². The van der Waals surface area contributed by atoms with E-state index in [9.17, 15) is 0 Å². The predicted octanol–water partition coefficient (Wildman–Crippen LogP) is 3.59. The number of hydrogen-bond acceptors (Lipinski definition) is 6. The SMILES string of the molecule is CCc1ccnc(C(C)Sc2nc(N)cc(SC)n2)c1. The van der Waals surface area contributed by atoms with E-state index in [4.69, 9.17) is 5.73 Å². The molecule has 0 fully saturated rings. The second-order valence-corrected chi connectivity index (χ2v) is 6.45. The first-order valence-electron chi connectivity index (χ1n) is 6.42. The van der Waals surface area contributed by atoms with Gasteiger partial charge in [0, 0.05) is 12.3 Å². The Kier molecular flexibility index (Phi) is 5.25. The van der Waals surface area contributed by atoms with Gasteiger partial charge in [0.25, 0.3) is 0 Å². The van der Waals surface area contributed by atoms with Gasteiger partial charge in [-0.05, 0) is 37.3 Å². The van der Waals surface area contributed by atoms with E-state index in [-0.39, 0.29) is 5.25 Å². The molecule has 0 bridgehead atoms. The summed E-state index contributed by atoms with van der Waals surface area (Å²) in [6.45, 7) is 4.25. The van der Waals surface area contributed by atoms with Gasteiger partial charge in [-0.1, -0.05) is 18.7 Å². The monoisotopic (exact) mass is 306 g/mol. The molecule has 2 aromatic rings. The van der Waals surface area contributed by atoms with E-state index < -0.39 is 0 Å². The van der Waals surface area contributed by atoms with Crippen molar-refractivity contribution in [1.29, 1.82) is 0 Å². The van der Waals surface area contributed by atoms with Crippen molar-refractivity contribution >= 4 is 29.3 Å². The third-order valence-electron chi connectivity index (χ3n) is 2.86. The Bertz CT molecular complexity index is 589. The topological polar surface area (TPSA) is 64.7 Å². The largest absolute Gasteiger partial charge is 0.384 e. The fraction of sp³-hybridized carbons (Fsp3) is 0.357. The Morgan fingerprint density at radius 2 is 2.10 bits per heavy atom. The molecule has 0 aliphatic carbocycles. The number of thioether (sulfide) groups is 2. The van der Waals surface area contributed by atoms with Gasteiger partial charge in [0.15, 0.2) is 5.16 Å². The van der Waals surface area contributed by atoms with E-state index in [1.807, 2.05) is 18.5 Å². The zero-order valence-corrected chi connectivity index (χ0v) is 13.5. The quantitative estimate of drug-likeness (QED) is 0.517. The molecule has 0 saturated carbocycles. The van der Waals surface area contributed by atoms with Crippen molar-refractivity contribution in [3.8, 4) is 0 Å². The third kappa shape index (κ3) is 3.86. The van der Waals surface area contributed by atoms with Crippen molar-refractivity contribution in [3.63, 3.8) is 0 Å². The molecule has 0 aliphatic heterocycles. The van der Waals surface area contributed by atoms with Gasteiger partial charge in [0.1, 0.15) is 10.8 Å². The van der Waals surface area contributed by atoms with Crippen molar-refractivity contribution < 1.29 is 0 Å². The number of nitrogens with zero attached hydrogens (tertiary/aromatic N) is 3. The first kappa shape index (κ1) is 15.1. The summed E-state index contributed by atoms with van der Waals surface area (Å²) in [6, 6.07) is 5.97. The van der Waals surface area contributed by atoms with Crippen molar-refractivity contribution in [2.24, 2.45) is 0 Å².